The lowest BCUT2D eigenvalue weighted by Gasteiger charge is -2.17. The first-order valence-electron chi connectivity index (χ1n) is 6.06. The van der Waals surface area contributed by atoms with Gasteiger partial charge in [-0.15, -0.1) is 5.10 Å². The van der Waals surface area contributed by atoms with Crippen molar-refractivity contribution in [3.05, 3.63) is 10.5 Å². The van der Waals surface area contributed by atoms with Crippen LogP contribution in [0.2, 0.25) is 0 Å². The van der Waals surface area contributed by atoms with Crippen LogP contribution in [0.5, 0.6) is 0 Å². The Morgan fingerprint density at radius 2 is 2.24 bits per heavy atom. The lowest BCUT2D eigenvalue weighted by Crippen LogP contribution is -2.29. The van der Waals surface area contributed by atoms with E-state index in [1.54, 1.807) is 23.4 Å². The van der Waals surface area contributed by atoms with Crippen molar-refractivity contribution in [1.82, 2.24) is 20.1 Å². The number of nitrogens with one attached hydrogen (secondary N) is 2. The third kappa shape index (κ3) is 4.55. The van der Waals surface area contributed by atoms with Gasteiger partial charge in [-0.2, -0.15) is 0 Å². The van der Waals surface area contributed by atoms with Gasteiger partial charge in [0, 0.05) is 18.3 Å². The Kier molecular flexibility index (Phi) is 5.77. The molecule has 2 N–H and O–H groups in total. The average Bonchev–Trinajstić information content (AvgIpc) is 2.58. The van der Waals surface area contributed by atoms with Gasteiger partial charge in [-0.05, 0) is 26.3 Å². The van der Waals surface area contributed by atoms with Crippen LogP contribution in [0, 0.1) is 0 Å². The second kappa shape index (κ2) is 6.86. The fourth-order valence-electron chi connectivity index (χ4n) is 1.64. The summed E-state index contributed by atoms with van der Waals surface area (Å²) in [4.78, 5) is 11.2. The predicted molar refractivity (Wildman–Crippen MR) is 71.5 cm³/mol. The summed E-state index contributed by atoms with van der Waals surface area (Å²) in [5.41, 5.74) is -0.156. The molecule has 0 amide bonds. The summed E-state index contributed by atoms with van der Waals surface area (Å²) >= 11 is 1.63. The molecule has 0 spiro atoms. The predicted octanol–water partition coefficient (Wildman–Crippen LogP) is 1.37. The van der Waals surface area contributed by atoms with E-state index in [1.807, 2.05) is 0 Å². The third-order valence-corrected chi connectivity index (χ3v) is 3.74. The second-order valence-corrected chi connectivity index (χ2v) is 5.80. The summed E-state index contributed by atoms with van der Waals surface area (Å²) < 4.78 is 1.55. The molecule has 1 heterocycles. The number of aromatic amines is 1. The average molecular weight is 258 g/mol. The van der Waals surface area contributed by atoms with Crippen LogP contribution in [0.3, 0.4) is 0 Å². The van der Waals surface area contributed by atoms with Crippen molar-refractivity contribution < 1.29 is 0 Å². The summed E-state index contributed by atoms with van der Waals surface area (Å²) in [6.45, 7) is 7.57. The zero-order valence-corrected chi connectivity index (χ0v) is 11.8. The van der Waals surface area contributed by atoms with Gasteiger partial charge in [0.2, 0.25) is 0 Å². The summed E-state index contributed by atoms with van der Waals surface area (Å²) in [5.74, 6) is 0. The van der Waals surface area contributed by atoms with E-state index in [-0.39, 0.29) is 5.69 Å². The van der Waals surface area contributed by atoms with Gasteiger partial charge in [-0.25, -0.2) is 9.89 Å². The molecule has 6 heteroatoms. The molecule has 2 atom stereocenters. The first-order valence-corrected chi connectivity index (χ1v) is 6.94. The van der Waals surface area contributed by atoms with Crippen molar-refractivity contribution in [2.45, 2.75) is 50.1 Å². The van der Waals surface area contributed by atoms with Crippen molar-refractivity contribution in [3.8, 4) is 0 Å². The Labute approximate surface area is 106 Å². The van der Waals surface area contributed by atoms with Crippen LogP contribution in [0.25, 0.3) is 0 Å². The summed E-state index contributed by atoms with van der Waals surface area (Å²) in [7, 11) is 1.74. The Morgan fingerprint density at radius 1 is 1.53 bits per heavy atom. The van der Waals surface area contributed by atoms with E-state index >= 15 is 0 Å². The molecule has 1 aromatic rings. The van der Waals surface area contributed by atoms with Gasteiger partial charge in [0.25, 0.3) is 0 Å². The van der Waals surface area contributed by atoms with Crippen LogP contribution in [0.1, 0.15) is 33.6 Å². The van der Waals surface area contributed by atoms with Gasteiger partial charge < -0.3 is 5.32 Å². The maximum Gasteiger partial charge on any atom is 0.343 e. The van der Waals surface area contributed by atoms with Gasteiger partial charge in [0.05, 0.1) is 0 Å². The zero-order valence-electron chi connectivity index (χ0n) is 11.0. The lowest BCUT2D eigenvalue weighted by atomic mass is 10.2. The van der Waals surface area contributed by atoms with E-state index in [4.69, 9.17) is 0 Å². The molecule has 2 unspecified atom stereocenters. The van der Waals surface area contributed by atoms with Crippen LogP contribution in [0.4, 0.5) is 0 Å². The fraction of sp³-hybridized carbons (Fsp3) is 0.818. The maximum atomic E-state index is 11.2. The molecular formula is C11H22N4OS. The van der Waals surface area contributed by atoms with Gasteiger partial charge in [-0.3, -0.25) is 4.57 Å². The normalized spacial score (nSPS) is 14.8. The van der Waals surface area contributed by atoms with Crippen molar-refractivity contribution in [1.29, 1.82) is 0 Å². The topological polar surface area (TPSA) is 62.7 Å². The number of nitrogens with zero attached hydrogens (tertiary/aromatic N) is 2. The highest BCUT2D eigenvalue weighted by Crippen LogP contribution is 2.22. The van der Waals surface area contributed by atoms with E-state index in [0.717, 1.165) is 24.5 Å². The molecule has 1 aromatic heterocycles. The molecule has 0 bridgehead atoms. The zero-order chi connectivity index (χ0) is 12.8. The van der Waals surface area contributed by atoms with Gasteiger partial charge in [0.15, 0.2) is 5.16 Å². The largest absolute Gasteiger partial charge is 0.343 e. The van der Waals surface area contributed by atoms with E-state index in [0.29, 0.717) is 11.3 Å². The molecule has 0 fully saturated rings. The molecule has 0 aliphatic heterocycles. The third-order valence-electron chi connectivity index (χ3n) is 2.57. The monoisotopic (exact) mass is 258 g/mol. The Morgan fingerprint density at radius 3 is 2.76 bits per heavy atom. The Bertz CT molecular complexity index is 387. The molecule has 5 nitrogen and oxygen atoms in total. The van der Waals surface area contributed by atoms with Crippen LogP contribution >= 0.6 is 11.8 Å². The number of rotatable bonds is 7. The number of hydrogen-bond donors (Lipinski definition) is 2. The van der Waals surface area contributed by atoms with E-state index in [9.17, 15) is 4.79 Å². The molecule has 17 heavy (non-hydrogen) atoms. The standard InChI is InChI=1S/C11H22N4OS/c1-5-6-12-8(2)7-9(3)17-11-14-13-10(16)15(11)4/h8-9,12H,5-7H2,1-4H3,(H,13,16). The molecule has 1 rings (SSSR count). The highest BCUT2D eigenvalue weighted by molar-refractivity contribution is 7.99. The first kappa shape index (κ1) is 14.3. The van der Waals surface area contributed by atoms with E-state index in [1.165, 1.54) is 0 Å². The summed E-state index contributed by atoms with van der Waals surface area (Å²) in [6.07, 6.45) is 2.21. The van der Waals surface area contributed by atoms with Crippen molar-refractivity contribution >= 4 is 11.8 Å². The molecule has 0 saturated carbocycles. The second-order valence-electron chi connectivity index (χ2n) is 4.39. The molecule has 0 aromatic carbocycles. The number of aromatic nitrogens is 3. The summed E-state index contributed by atoms with van der Waals surface area (Å²) in [6, 6.07) is 0.494. The molecular weight excluding hydrogens is 236 g/mol. The maximum absolute atomic E-state index is 11.2. The van der Waals surface area contributed by atoms with Gasteiger partial charge in [-0.1, -0.05) is 25.6 Å². The van der Waals surface area contributed by atoms with E-state index < -0.39 is 0 Å². The van der Waals surface area contributed by atoms with Crippen LogP contribution < -0.4 is 11.0 Å². The minimum atomic E-state index is -0.156. The van der Waals surface area contributed by atoms with Crippen LogP contribution in [0.15, 0.2) is 9.95 Å². The number of thioether (sulfide) groups is 1. The molecule has 0 aliphatic rings. The van der Waals surface area contributed by atoms with Crippen LogP contribution in [-0.2, 0) is 7.05 Å². The minimum absolute atomic E-state index is 0.156. The number of H-pyrrole nitrogens is 1. The Balaban J connectivity index is 2.41. The van der Waals surface area contributed by atoms with Crippen molar-refractivity contribution in [2.24, 2.45) is 7.05 Å². The first-order chi connectivity index (χ1) is 8.04. The highest BCUT2D eigenvalue weighted by Gasteiger charge is 2.13. The smallest absolute Gasteiger partial charge is 0.314 e. The Hall–Kier alpha value is -0.750. The molecule has 0 saturated heterocycles. The summed E-state index contributed by atoms with van der Waals surface area (Å²) in [5, 5.41) is 11.1. The van der Waals surface area contributed by atoms with Crippen molar-refractivity contribution in [2.75, 3.05) is 6.54 Å². The molecule has 0 radical (unpaired) electrons. The fourth-order valence-corrected chi connectivity index (χ4v) is 2.72. The quantitative estimate of drug-likeness (QED) is 0.725. The van der Waals surface area contributed by atoms with Crippen molar-refractivity contribution in [3.63, 3.8) is 0 Å². The van der Waals surface area contributed by atoms with Crippen LogP contribution in [-0.4, -0.2) is 32.6 Å². The minimum Gasteiger partial charge on any atom is -0.314 e. The highest BCUT2D eigenvalue weighted by atomic mass is 32.2. The molecule has 0 aliphatic carbocycles. The SMILES string of the molecule is CCCNC(C)CC(C)Sc1n[nH]c(=O)n1C. The van der Waals surface area contributed by atoms with Gasteiger partial charge in [0.1, 0.15) is 0 Å². The van der Waals surface area contributed by atoms with E-state index in [2.05, 4.69) is 36.3 Å². The number of hydrogen-bond acceptors (Lipinski definition) is 4. The lowest BCUT2D eigenvalue weighted by molar-refractivity contribution is 0.512. The molecule has 98 valence electrons. The van der Waals surface area contributed by atoms with Gasteiger partial charge >= 0.3 is 5.69 Å².